The zero-order valence-corrected chi connectivity index (χ0v) is 15.6. The molecule has 8 heteroatoms. The van der Waals surface area contributed by atoms with E-state index in [0.717, 1.165) is 5.56 Å². The number of nitro benzene ring substituents is 1. The molecule has 1 saturated heterocycles. The van der Waals surface area contributed by atoms with Gasteiger partial charge in [-0.2, -0.15) is 0 Å². The SMILES string of the molecule is CC(NC(=O)c1cc([N+](=O)[O-])ccc1N1CCOCC1)c1ccc(Cl)cc1. The molecule has 1 atom stereocenters. The van der Waals surface area contributed by atoms with Gasteiger partial charge in [-0.05, 0) is 30.7 Å². The van der Waals surface area contributed by atoms with E-state index in [-0.39, 0.29) is 23.2 Å². The van der Waals surface area contributed by atoms with Crippen molar-refractivity contribution < 1.29 is 14.5 Å². The summed E-state index contributed by atoms with van der Waals surface area (Å²) in [5.74, 6) is -0.359. The van der Waals surface area contributed by atoms with Crippen LogP contribution in [0.3, 0.4) is 0 Å². The summed E-state index contributed by atoms with van der Waals surface area (Å²) in [6.45, 7) is 4.22. The summed E-state index contributed by atoms with van der Waals surface area (Å²) in [5.41, 5.74) is 1.74. The lowest BCUT2D eigenvalue weighted by atomic mass is 10.1. The van der Waals surface area contributed by atoms with E-state index < -0.39 is 4.92 Å². The molecule has 1 unspecified atom stereocenters. The molecule has 1 aliphatic heterocycles. The second kappa shape index (κ2) is 8.37. The van der Waals surface area contributed by atoms with Crippen molar-refractivity contribution in [3.63, 3.8) is 0 Å². The van der Waals surface area contributed by atoms with E-state index in [9.17, 15) is 14.9 Å². The Labute approximate surface area is 162 Å². The van der Waals surface area contributed by atoms with Gasteiger partial charge in [0.25, 0.3) is 11.6 Å². The van der Waals surface area contributed by atoms with Crippen molar-refractivity contribution in [1.82, 2.24) is 5.32 Å². The Hall–Kier alpha value is -2.64. The summed E-state index contributed by atoms with van der Waals surface area (Å²) in [5, 5.41) is 14.7. The van der Waals surface area contributed by atoms with Crippen LogP contribution >= 0.6 is 11.6 Å². The molecule has 2 aromatic carbocycles. The average Bonchev–Trinajstić information content (AvgIpc) is 2.68. The smallest absolute Gasteiger partial charge is 0.270 e. The van der Waals surface area contributed by atoms with Gasteiger partial charge in [-0.3, -0.25) is 14.9 Å². The zero-order chi connectivity index (χ0) is 19.4. The van der Waals surface area contributed by atoms with Crippen LogP contribution in [-0.4, -0.2) is 37.1 Å². The van der Waals surface area contributed by atoms with Crippen molar-refractivity contribution in [1.29, 1.82) is 0 Å². The normalized spacial score (nSPS) is 15.3. The Morgan fingerprint density at radius 3 is 2.52 bits per heavy atom. The molecule has 0 spiro atoms. The third-order valence-corrected chi connectivity index (χ3v) is 4.76. The molecule has 0 aromatic heterocycles. The van der Waals surface area contributed by atoms with Gasteiger partial charge in [0.15, 0.2) is 0 Å². The third kappa shape index (κ3) is 4.56. The van der Waals surface area contributed by atoms with Crippen LogP contribution < -0.4 is 10.2 Å². The molecule has 27 heavy (non-hydrogen) atoms. The average molecular weight is 390 g/mol. The summed E-state index contributed by atoms with van der Waals surface area (Å²) >= 11 is 5.90. The molecule has 7 nitrogen and oxygen atoms in total. The van der Waals surface area contributed by atoms with Crippen molar-refractivity contribution >= 4 is 28.9 Å². The van der Waals surface area contributed by atoms with Crippen LogP contribution in [0.15, 0.2) is 42.5 Å². The summed E-state index contributed by atoms with van der Waals surface area (Å²) in [4.78, 5) is 25.6. The highest BCUT2D eigenvalue weighted by atomic mass is 35.5. The first kappa shape index (κ1) is 19.1. The highest BCUT2D eigenvalue weighted by Crippen LogP contribution is 2.27. The number of nitrogens with one attached hydrogen (secondary N) is 1. The Kier molecular flexibility index (Phi) is 5.93. The number of carbonyl (C=O) groups is 1. The van der Waals surface area contributed by atoms with Crippen LogP contribution in [0, 0.1) is 10.1 Å². The van der Waals surface area contributed by atoms with Crippen LogP contribution in [0.2, 0.25) is 5.02 Å². The first-order valence-electron chi connectivity index (χ1n) is 8.63. The highest BCUT2D eigenvalue weighted by molar-refractivity contribution is 6.30. The van der Waals surface area contributed by atoms with Crippen LogP contribution in [0.5, 0.6) is 0 Å². The number of hydrogen-bond acceptors (Lipinski definition) is 5. The van der Waals surface area contributed by atoms with E-state index in [1.54, 1.807) is 18.2 Å². The number of ether oxygens (including phenoxy) is 1. The van der Waals surface area contributed by atoms with Crippen molar-refractivity contribution in [3.8, 4) is 0 Å². The van der Waals surface area contributed by atoms with Crippen molar-refractivity contribution in [2.45, 2.75) is 13.0 Å². The lowest BCUT2D eigenvalue weighted by molar-refractivity contribution is -0.384. The molecule has 1 aliphatic rings. The number of hydrogen-bond donors (Lipinski definition) is 1. The number of non-ortho nitro benzene ring substituents is 1. The minimum absolute atomic E-state index is 0.115. The van der Waals surface area contributed by atoms with Crippen molar-refractivity contribution in [3.05, 3.63) is 68.7 Å². The van der Waals surface area contributed by atoms with E-state index >= 15 is 0 Å². The lowest BCUT2D eigenvalue weighted by Crippen LogP contribution is -2.38. The molecule has 1 fully saturated rings. The van der Waals surface area contributed by atoms with Crippen LogP contribution in [0.4, 0.5) is 11.4 Å². The van der Waals surface area contributed by atoms with E-state index in [1.165, 1.54) is 12.1 Å². The van der Waals surface area contributed by atoms with Gasteiger partial charge in [-0.1, -0.05) is 23.7 Å². The monoisotopic (exact) mass is 389 g/mol. The van der Waals surface area contributed by atoms with Gasteiger partial charge in [0.2, 0.25) is 0 Å². The van der Waals surface area contributed by atoms with E-state index in [4.69, 9.17) is 16.3 Å². The van der Waals surface area contributed by atoms with Crippen LogP contribution in [0.1, 0.15) is 28.9 Å². The predicted octanol–water partition coefficient (Wildman–Crippen LogP) is 3.58. The van der Waals surface area contributed by atoms with Gasteiger partial charge in [0.05, 0.1) is 35.4 Å². The largest absolute Gasteiger partial charge is 0.378 e. The Bertz CT molecular complexity index is 835. The molecule has 0 radical (unpaired) electrons. The maximum atomic E-state index is 12.9. The Morgan fingerprint density at radius 2 is 1.89 bits per heavy atom. The zero-order valence-electron chi connectivity index (χ0n) is 14.9. The maximum absolute atomic E-state index is 12.9. The first-order valence-corrected chi connectivity index (χ1v) is 9.01. The predicted molar refractivity (Wildman–Crippen MR) is 103 cm³/mol. The van der Waals surface area contributed by atoms with Crippen molar-refractivity contribution in [2.24, 2.45) is 0 Å². The topological polar surface area (TPSA) is 84.7 Å². The quantitative estimate of drug-likeness (QED) is 0.624. The van der Waals surface area contributed by atoms with Gasteiger partial charge in [0, 0.05) is 30.2 Å². The van der Waals surface area contributed by atoms with Gasteiger partial charge >= 0.3 is 0 Å². The second-order valence-corrected chi connectivity index (χ2v) is 6.74. The Morgan fingerprint density at radius 1 is 1.22 bits per heavy atom. The number of amides is 1. The minimum atomic E-state index is -0.498. The van der Waals surface area contributed by atoms with Crippen LogP contribution in [-0.2, 0) is 4.74 Å². The number of benzene rings is 2. The molecule has 0 aliphatic carbocycles. The molecule has 1 heterocycles. The van der Waals surface area contributed by atoms with E-state index in [1.807, 2.05) is 24.0 Å². The number of nitrogens with zero attached hydrogens (tertiary/aromatic N) is 2. The molecule has 1 N–H and O–H groups in total. The van der Waals surface area contributed by atoms with Gasteiger partial charge in [-0.15, -0.1) is 0 Å². The fraction of sp³-hybridized carbons (Fsp3) is 0.316. The van der Waals surface area contributed by atoms with Gasteiger partial charge < -0.3 is 15.0 Å². The number of anilines is 1. The summed E-state index contributed by atoms with van der Waals surface area (Å²) < 4.78 is 5.35. The fourth-order valence-electron chi connectivity index (χ4n) is 3.01. The van der Waals surface area contributed by atoms with E-state index in [2.05, 4.69) is 5.32 Å². The molecule has 1 amide bonds. The van der Waals surface area contributed by atoms with Crippen molar-refractivity contribution in [2.75, 3.05) is 31.2 Å². The molecule has 2 aromatic rings. The summed E-state index contributed by atoms with van der Waals surface area (Å²) in [7, 11) is 0. The second-order valence-electron chi connectivity index (χ2n) is 6.30. The minimum Gasteiger partial charge on any atom is -0.378 e. The van der Waals surface area contributed by atoms with Gasteiger partial charge in [0.1, 0.15) is 0 Å². The van der Waals surface area contributed by atoms with Crippen LogP contribution in [0.25, 0.3) is 0 Å². The number of carbonyl (C=O) groups excluding carboxylic acids is 1. The summed E-state index contributed by atoms with van der Waals surface area (Å²) in [6.07, 6.45) is 0. The maximum Gasteiger partial charge on any atom is 0.270 e. The molecule has 0 bridgehead atoms. The van der Waals surface area contributed by atoms with E-state index in [0.29, 0.717) is 37.0 Å². The van der Waals surface area contributed by atoms with Gasteiger partial charge in [-0.25, -0.2) is 0 Å². The Balaban J connectivity index is 1.87. The third-order valence-electron chi connectivity index (χ3n) is 4.50. The highest BCUT2D eigenvalue weighted by Gasteiger charge is 2.23. The molecule has 142 valence electrons. The molecular formula is C19H20ClN3O4. The molecule has 3 rings (SSSR count). The standard InChI is InChI=1S/C19H20ClN3O4/c1-13(14-2-4-15(20)5-3-14)21-19(24)17-12-16(23(25)26)6-7-18(17)22-8-10-27-11-9-22/h2-7,12-13H,8-11H2,1H3,(H,21,24). The number of halogens is 1. The number of nitro groups is 1. The lowest BCUT2D eigenvalue weighted by Gasteiger charge is -2.30. The number of rotatable bonds is 5. The molecule has 0 saturated carbocycles. The first-order chi connectivity index (χ1) is 13.0. The fourth-order valence-corrected chi connectivity index (χ4v) is 3.13. The molecular weight excluding hydrogens is 370 g/mol. The number of morpholine rings is 1. The summed E-state index contributed by atoms with van der Waals surface area (Å²) in [6, 6.07) is 11.3.